The van der Waals surface area contributed by atoms with Gasteiger partial charge in [-0.05, 0) is 25.7 Å². The minimum Gasteiger partial charge on any atom is -1.00 e. The summed E-state index contributed by atoms with van der Waals surface area (Å²) in [4.78, 5) is 0. The van der Waals surface area contributed by atoms with Crippen LogP contribution in [0, 0.1) is 0 Å². The monoisotopic (exact) mass is 596 g/mol. The summed E-state index contributed by atoms with van der Waals surface area (Å²) >= 11 is 0. The highest BCUT2D eigenvalue weighted by molar-refractivity contribution is 4.66. The van der Waals surface area contributed by atoms with Crippen LogP contribution in [-0.2, 0) is 13.1 Å². The van der Waals surface area contributed by atoms with Crippen LogP contribution in [0.3, 0.4) is 0 Å². The second-order valence-corrected chi connectivity index (χ2v) is 12.1. The molecule has 226 valence electrons. The average molecular weight is 598 g/mol. The van der Waals surface area contributed by atoms with Gasteiger partial charge in [0, 0.05) is 0 Å². The van der Waals surface area contributed by atoms with E-state index >= 15 is 0 Å². The largest absolute Gasteiger partial charge is 1.00 e. The number of hydrogen-bond donors (Lipinski definition) is 0. The van der Waals surface area contributed by atoms with Gasteiger partial charge in [0.05, 0.1) is 13.1 Å². The molecule has 0 aliphatic rings. The zero-order valence-corrected chi connectivity index (χ0v) is 27.8. The number of unbranched alkanes of at least 4 members (excludes halogenated alkanes) is 26. The Morgan fingerprint density at radius 1 is 0.421 bits per heavy atom. The molecule has 0 amide bonds. The maximum absolute atomic E-state index is 2.41. The van der Waals surface area contributed by atoms with E-state index in [-0.39, 0.29) is 17.0 Å². The van der Waals surface area contributed by atoms with E-state index in [0.717, 1.165) is 0 Å². The van der Waals surface area contributed by atoms with Gasteiger partial charge in [-0.3, -0.25) is 0 Å². The Bertz CT molecular complexity index is 509. The van der Waals surface area contributed by atoms with Crippen LogP contribution in [0.25, 0.3) is 0 Å². The lowest BCUT2D eigenvalue weighted by atomic mass is 10.0. The Morgan fingerprint density at radius 3 is 1.11 bits per heavy atom. The molecule has 0 fully saturated rings. The van der Waals surface area contributed by atoms with Gasteiger partial charge in [-0.25, -0.2) is 9.13 Å². The van der Waals surface area contributed by atoms with E-state index in [1.54, 1.807) is 0 Å². The number of imidazole rings is 1. The molecule has 0 radical (unpaired) electrons. The van der Waals surface area contributed by atoms with Gasteiger partial charge < -0.3 is 17.0 Å². The van der Waals surface area contributed by atoms with E-state index in [0.29, 0.717) is 0 Å². The number of halogens is 1. The Hall–Kier alpha value is -0.310. The molecule has 0 saturated carbocycles. The van der Waals surface area contributed by atoms with Crippen molar-refractivity contribution in [1.82, 2.24) is 4.57 Å². The molecular weight excluding hydrogens is 528 g/mol. The Labute approximate surface area is 250 Å². The predicted octanol–water partition coefficient (Wildman–Crippen LogP) is 8.74. The molecule has 0 aliphatic carbocycles. The molecule has 1 rings (SSSR count). The van der Waals surface area contributed by atoms with Crippen molar-refractivity contribution in [3.63, 3.8) is 0 Å². The van der Waals surface area contributed by atoms with Crippen LogP contribution in [0.2, 0.25) is 0 Å². The highest BCUT2D eigenvalue weighted by Gasteiger charge is 2.03. The number of hydrogen-bond acceptors (Lipinski definition) is 0. The summed E-state index contributed by atoms with van der Waals surface area (Å²) in [6.07, 6.45) is 47.2. The van der Waals surface area contributed by atoms with Crippen LogP contribution >= 0.6 is 0 Å². The lowest BCUT2D eigenvalue weighted by molar-refractivity contribution is -0.696. The Kier molecular flexibility index (Phi) is 31.0. The summed E-state index contributed by atoms with van der Waals surface area (Å²) in [7, 11) is 0. The lowest BCUT2D eigenvalue weighted by Crippen LogP contribution is -3.00. The summed E-state index contributed by atoms with van der Waals surface area (Å²) in [6.45, 7) is 7.00. The number of nitrogens with zero attached hydrogens (tertiary/aromatic N) is 2. The van der Waals surface area contributed by atoms with E-state index < -0.39 is 0 Å². The molecular formula is C35H69BrN2. The van der Waals surface area contributed by atoms with Crippen molar-refractivity contribution in [2.45, 2.75) is 207 Å². The molecule has 0 aromatic carbocycles. The molecule has 2 nitrogen and oxygen atoms in total. The van der Waals surface area contributed by atoms with Gasteiger partial charge in [-0.15, -0.1) is 0 Å². The van der Waals surface area contributed by atoms with Gasteiger partial charge in [-0.2, -0.15) is 0 Å². The minimum absolute atomic E-state index is 0. The summed E-state index contributed by atoms with van der Waals surface area (Å²) in [5.74, 6) is 0. The van der Waals surface area contributed by atoms with Crippen molar-refractivity contribution in [1.29, 1.82) is 0 Å². The van der Waals surface area contributed by atoms with Gasteiger partial charge in [0.25, 0.3) is 0 Å². The second-order valence-electron chi connectivity index (χ2n) is 12.1. The van der Waals surface area contributed by atoms with Crippen LogP contribution in [0.5, 0.6) is 0 Å². The maximum atomic E-state index is 2.41. The Morgan fingerprint density at radius 2 is 0.737 bits per heavy atom. The fourth-order valence-electron chi connectivity index (χ4n) is 5.68. The van der Waals surface area contributed by atoms with Crippen LogP contribution in [0.1, 0.15) is 194 Å². The summed E-state index contributed by atoms with van der Waals surface area (Å²) in [6, 6.07) is 0. The van der Waals surface area contributed by atoms with E-state index in [2.05, 4.69) is 41.7 Å². The SMILES string of the molecule is CCCCCCCCCCCCCCCCn1cc[n+](CCCCCCCCCCCCCCCC)c1.[Br-]. The first-order valence-electron chi connectivity index (χ1n) is 17.4. The van der Waals surface area contributed by atoms with Gasteiger partial charge in [0.2, 0.25) is 6.33 Å². The highest BCUT2D eigenvalue weighted by atomic mass is 79.9. The summed E-state index contributed by atoms with van der Waals surface area (Å²) in [5, 5.41) is 0. The normalized spacial score (nSPS) is 11.2. The van der Waals surface area contributed by atoms with Crippen molar-refractivity contribution in [2.24, 2.45) is 0 Å². The molecule has 0 saturated heterocycles. The first-order chi connectivity index (χ1) is 18.4. The van der Waals surface area contributed by atoms with Crippen molar-refractivity contribution < 1.29 is 21.5 Å². The number of aromatic nitrogens is 2. The third kappa shape index (κ3) is 25.9. The quantitative estimate of drug-likeness (QED) is 0.0619. The third-order valence-electron chi connectivity index (χ3n) is 8.29. The van der Waals surface area contributed by atoms with Gasteiger partial charge >= 0.3 is 0 Å². The summed E-state index contributed by atoms with van der Waals surface area (Å²) < 4.78 is 4.81. The fourth-order valence-corrected chi connectivity index (χ4v) is 5.68. The van der Waals surface area contributed by atoms with E-state index in [1.165, 1.54) is 193 Å². The number of aryl methyl sites for hydroxylation is 2. The summed E-state index contributed by atoms with van der Waals surface area (Å²) in [5.41, 5.74) is 0. The molecule has 38 heavy (non-hydrogen) atoms. The topological polar surface area (TPSA) is 8.81 Å². The van der Waals surface area contributed by atoms with Crippen LogP contribution in [0.4, 0.5) is 0 Å². The molecule has 1 aromatic rings. The first-order valence-corrected chi connectivity index (χ1v) is 17.4. The van der Waals surface area contributed by atoms with Crippen molar-refractivity contribution in [2.75, 3.05) is 0 Å². The lowest BCUT2D eigenvalue weighted by Gasteiger charge is -2.03. The highest BCUT2D eigenvalue weighted by Crippen LogP contribution is 2.14. The number of rotatable bonds is 30. The first kappa shape index (κ1) is 37.7. The average Bonchev–Trinajstić information content (AvgIpc) is 3.36. The van der Waals surface area contributed by atoms with E-state index in [9.17, 15) is 0 Å². The Balaban J connectivity index is 0.0000137. The maximum Gasteiger partial charge on any atom is 0.243 e. The fraction of sp³-hybridized carbons (Fsp3) is 0.914. The predicted molar refractivity (Wildman–Crippen MR) is 165 cm³/mol. The molecule has 0 bridgehead atoms. The molecule has 0 aliphatic heterocycles. The third-order valence-corrected chi connectivity index (χ3v) is 8.29. The zero-order chi connectivity index (χ0) is 26.5. The second kappa shape index (κ2) is 31.2. The van der Waals surface area contributed by atoms with E-state index in [1.807, 2.05) is 0 Å². The van der Waals surface area contributed by atoms with Crippen molar-refractivity contribution >= 4 is 0 Å². The smallest absolute Gasteiger partial charge is 0.243 e. The van der Waals surface area contributed by atoms with Gasteiger partial charge in [0.15, 0.2) is 0 Å². The van der Waals surface area contributed by atoms with Gasteiger partial charge in [0.1, 0.15) is 12.4 Å². The molecule has 0 atom stereocenters. The molecule has 0 spiro atoms. The van der Waals surface area contributed by atoms with Crippen LogP contribution < -0.4 is 21.5 Å². The van der Waals surface area contributed by atoms with Crippen molar-refractivity contribution in [3.8, 4) is 0 Å². The molecule has 3 heteroatoms. The molecule has 1 aromatic heterocycles. The zero-order valence-electron chi connectivity index (χ0n) is 26.2. The van der Waals surface area contributed by atoms with Crippen molar-refractivity contribution in [3.05, 3.63) is 18.7 Å². The minimum atomic E-state index is 0. The standard InChI is InChI=1S/C35H69N2.BrH/c1-3-5-7-9-11-13-15-17-19-21-23-25-27-29-31-36-33-34-37(35-36)32-30-28-26-24-22-20-18-16-14-12-10-8-6-4-2;/h33-35H,3-32H2,1-2H3;1H/q+1;/p-1. The molecule has 1 heterocycles. The molecule has 0 N–H and O–H groups in total. The molecule has 0 unspecified atom stereocenters. The van der Waals surface area contributed by atoms with E-state index in [4.69, 9.17) is 0 Å². The van der Waals surface area contributed by atoms with Crippen LogP contribution in [0.15, 0.2) is 18.7 Å². The van der Waals surface area contributed by atoms with Crippen LogP contribution in [-0.4, -0.2) is 4.57 Å². The van der Waals surface area contributed by atoms with Gasteiger partial charge in [-0.1, -0.05) is 168 Å².